The maximum atomic E-state index is 12.7. The van der Waals surface area contributed by atoms with E-state index in [1.807, 2.05) is 26.0 Å². The topological polar surface area (TPSA) is 81.5 Å². The molecule has 1 amide bonds. The number of hydrogen-bond donors (Lipinski definition) is 1. The quantitative estimate of drug-likeness (QED) is 0.551. The lowest BCUT2D eigenvalue weighted by molar-refractivity contribution is -0.113. The van der Waals surface area contributed by atoms with Crippen LogP contribution in [0.1, 0.15) is 52.0 Å². The van der Waals surface area contributed by atoms with E-state index in [2.05, 4.69) is 25.0 Å². The summed E-state index contributed by atoms with van der Waals surface area (Å²) in [6, 6.07) is 5.94. The van der Waals surface area contributed by atoms with E-state index in [1.165, 1.54) is 31.0 Å². The Bertz CT molecular complexity index is 893. The molecule has 4 rings (SSSR count). The Morgan fingerprint density at radius 3 is 2.61 bits per heavy atom. The molecule has 31 heavy (non-hydrogen) atoms. The molecule has 0 spiro atoms. The van der Waals surface area contributed by atoms with Gasteiger partial charge in [-0.3, -0.25) is 9.36 Å². The van der Waals surface area contributed by atoms with E-state index in [4.69, 9.17) is 9.47 Å². The highest BCUT2D eigenvalue weighted by atomic mass is 32.2. The van der Waals surface area contributed by atoms with Gasteiger partial charge in [0.2, 0.25) is 11.9 Å². The lowest BCUT2D eigenvalue weighted by Gasteiger charge is -2.27. The van der Waals surface area contributed by atoms with Crippen LogP contribution in [0.3, 0.4) is 0 Å². The first kappa shape index (κ1) is 21.8. The van der Waals surface area contributed by atoms with Crippen molar-refractivity contribution in [1.29, 1.82) is 0 Å². The number of nitrogens with one attached hydrogen (secondary N) is 1. The van der Waals surface area contributed by atoms with Gasteiger partial charge in [-0.25, -0.2) is 0 Å². The fourth-order valence-electron chi connectivity index (χ4n) is 3.79. The number of carbonyl (C=O) groups is 1. The summed E-state index contributed by atoms with van der Waals surface area (Å²) in [5.74, 6) is 2.46. The first-order valence-electron chi connectivity index (χ1n) is 11.2. The molecule has 2 aromatic rings. The Labute approximate surface area is 187 Å². The summed E-state index contributed by atoms with van der Waals surface area (Å²) in [6.45, 7) is 7.00. The molecule has 0 radical (unpaired) electrons. The van der Waals surface area contributed by atoms with E-state index >= 15 is 0 Å². The van der Waals surface area contributed by atoms with Crippen LogP contribution in [-0.2, 0) is 4.79 Å². The Morgan fingerprint density at radius 2 is 1.90 bits per heavy atom. The molecule has 2 heterocycles. The van der Waals surface area contributed by atoms with Crippen LogP contribution in [0.25, 0.3) is 0 Å². The number of benzene rings is 1. The Balaban J connectivity index is 1.42. The van der Waals surface area contributed by atoms with Crippen LogP contribution in [0.2, 0.25) is 0 Å². The van der Waals surface area contributed by atoms with Gasteiger partial charge in [-0.15, -0.1) is 10.2 Å². The van der Waals surface area contributed by atoms with Gasteiger partial charge in [0.1, 0.15) is 11.5 Å². The maximum absolute atomic E-state index is 12.7. The first-order chi connectivity index (χ1) is 15.2. The van der Waals surface area contributed by atoms with Crippen molar-refractivity contribution in [2.24, 2.45) is 0 Å². The lowest BCUT2D eigenvalue weighted by Crippen LogP contribution is -2.32. The number of piperidine rings is 1. The van der Waals surface area contributed by atoms with Crippen molar-refractivity contribution in [3.05, 3.63) is 18.2 Å². The molecule has 2 fully saturated rings. The first-order valence-corrected chi connectivity index (χ1v) is 12.2. The summed E-state index contributed by atoms with van der Waals surface area (Å²) in [5.41, 5.74) is 0.621. The van der Waals surface area contributed by atoms with Crippen LogP contribution in [-0.4, -0.2) is 52.7 Å². The maximum Gasteiger partial charge on any atom is 0.234 e. The third-order valence-electron chi connectivity index (χ3n) is 5.37. The zero-order valence-electron chi connectivity index (χ0n) is 18.3. The minimum atomic E-state index is -0.107. The highest BCUT2D eigenvalue weighted by Gasteiger charge is 2.32. The van der Waals surface area contributed by atoms with Crippen molar-refractivity contribution in [2.45, 2.75) is 57.1 Å². The molecule has 1 saturated carbocycles. The smallest absolute Gasteiger partial charge is 0.234 e. The average Bonchev–Trinajstić information content (AvgIpc) is 3.53. The van der Waals surface area contributed by atoms with Gasteiger partial charge in [-0.2, -0.15) is 0 Å². The third-order valence-corrected chi connectivity index (χ3v) is 6.31. The van der Waals surface area contributed by atoms with Gasteiger partial charge in [0.15, 0.2) is 5.16 Å². The molecule has 0 unspecified atom stereocenters. The summed E-state index contributed by atoms with van der Waals surface area (Å²) < 4.78 is 13.5. The summed E-state index contributed by atoms with van der Waals surface area (Å²) in [5, 5.41) is 12.7. The van der Waals surface area contributed by atoms with Crippen LogP contribution >= 0.6 is 11.8 Å². The molecule has 0 bridgehead atoms. The highest BCUT2D eigenvalue weighted by Crippen LogP contribution is 2.41. The molecule has 1 aromatic carbocycles. The Morgan fingerprint density at radius 1 is 1.13 bits per heavy atom. The number of thioether (sulfide) groups is 1. The molecular formula is C22H31N5O3S. The van der Waals surface area contributed by atoms with Gasteiger partial charge in [-0.05, 0) is 58.1 Å². The van der Waals surface area contributed by atoms with Crippen molar-refractivity contribution in [1.82, 2.24) is 14.8 Å². The zero-order chi connectivity index (χ0) is 21.6. The number of ether oxygens (including phenoxy) is 2. The molecule has 1 saturated heterocycles. The average molecular weight is 446 g/mol. The summed E-state index contributed by atoms with van der Waals surface area (Å²) in [7, 11) is 0. The van der Waals surface area contributed by atoms with Crippen molar-refractivity contribution < 1.29 is 14.3 Å². The van der Waals surface area contributed by atoms with Crippen LogP contribution in [0.5, 0.6) is 11.5 Å². The Kier molecular flexibility index (Phi) is 7.21. The predicted octanol–water partition coefficient (Wildman–Crippen LogP) is 4.13. The molecular weight excluding hydrogens is 414 g/mol. The number of carbonyl (C=O) groups excluding carboxylic acids is 1. The SMILES string of the molecule is CCOc1ccc(OCC)c(NC(=O)CSc2nnc(N3CCCCC3)n2C2CC2)c1. The van der Waals surface area contributed by atoms with Gasteiger partial charge in [-0.1, -0.05) is 11.8 Å². The van der Waals surface area contributed by atoms with Crippen LogP contribution in [0, 0.1) is 0 Å². The van der Waals surface area contributed by atoms with E-state index in [1.54, 1.807) is 6.07 Å². The van der Waals surface area contributed by atoms with Crippen LogP contribution in [0.15, 0.2) is 23.4 Å². The van der Waals surface area contributed by atoms with Crippen LogP contribution < -0.4 is 19.7 Å². The summed E-state index contributed by atoms with van der Waals surface area (Å²) in [6.07, 6.45) is 5.99. The number of nitrogens with zero attached hydrogens (tertiary/aromatic N) is 4. The van der Waals surface area contributed by atoms with Gasteiger partial charge in [0, 0.05) is 25.2 Å². The van der Waals surface area contributed by atoms with Gasteiger partial charge in [0.25, 0.3) is 0 Å². The number of hydrogen-bond acceptors (Lipinski definition) is 7. The normalized spacial score (nSPS) is 16.3. The van der Waals surface area contributed by atoms with E-state index in [0.717, 1.165) is 37.0 Å². The van der Waals surface area contributed by atoms with Gasteiger partial charge >= 0.3 is 0 Å². The highest BCUT2D eigenvalue weighted by molar-refractivity contribution is 7.99. The molecule has 2 aliphatic rings. The second-order valence-corrected chi connectivity index (χ2v) is 8.73. The third kappa shape index (κ3) is 5.44. The second-order valence-electron chi connectivity index (χ2n) is 7.79. The number of anilines is 2. The predicted molar refractivity (Wildman–Crippen MR) is 122 cm³/mol. The monoisotopic (exact) mass is 445 g/mol. The molecule has 1 aromatic heterocycles. The van der Waals surface area contributed by atoms with E-state index in [0.29, 0.717) is 36.4 Å². The molecule has 168 valence electrons. The van der Waals surface area contributed by atoms with E-state index < -0.39 is 0 Å². The second kappa shape index (κ2) is 10.3. The lowest BCUT2D eigenvalue weighted by atomic mass is 10.1. The standard InChI is InChI=1S/C22H31N5O3S/c1-3-29-17-10-11-19(30-4-2)18(14-17)23-20(28)15-31-22-25-24-21(27(22)16-8-9-16)26-12-6-5-7-13-26/h10-11,14,16H,3-9,12-13,15H2,1-2H3,(H,23,28). The van der Waals surface area contributed by atoms with Crippen molar-refractivity contribution >= 4 is 29.3 Å². The molecule has 8 nitrogen and oxygen atoms in total. The number of amides is 1. The van der Waals surface area contributed by atoms with Crippen molar-refractivity contribution in [3.8, 4) is 11.5 Å². The fourth-order valence-corrected chi connectivity index (χ4v) is 4.59. The van der Waals surface area contributed by atoms with Gasteiger partial charge < -0.3 is 19.7 Å². The van der Waals surface area contributed by atoms with Crippen molar-refractivity contribution in [2.75, 3.05) is 42.3 Å². The van der Waals surface area contributed by atoms with E-state index in [9.17, 15) is 4.79 Å². The number of rotatable bonds is 10. The number of aromatic nitrogens is 3. The molecule has 1 aliphatic carbocycles. The summed E-state index contributed by atoms with van der Waals surface area (Å²) in [4.78, 5) is 15.1. The molecule has 9 heteroatoms. The van der Waals surface area contributed by atoms with E-state index in [-0.39, 0.29) is 11.7 Å². The van der Waals surface area contributed by atoms with Crippen molar-refractivity contribution in [3.63, 3.8) is 0 Å². The Hall–Kier alpha value is -2.42. The minimum Gasteiger partial charge on any atom is -0.494 e. The molecule has 1 aliphatic heterocycles. The molecule has 1 N–H and O–H groups in total. The summed E-state index contributed by atoms with van der Waals surface area (Å²) >= 11 is 1.44. The fraction of sp³-hybridized carbons (Fsp3) is 0.591. The van der Waals surface area contributed by atoms with Crippen LogP contribution in [0.4, 0.5) is 11.6 Å². The molecule has 0 atom stereocenters. The zero-order valence-corrected chi connectivity index (χ0v) is 19.1. The van der Waals surface area contributed by atoms with Gasteiger partial charge in [0.05, 0.1) is 24.7 Å². The minimum absolute atomic E-state index is 0.107. The largest absolute Gasteiger partial charge is 0.494 e.